The number of hydrogen-bond acceptors (Lipinski definition) is 8. The predicted octanol–water partition coefficient (Wildman–Crippen LogP) is 2.29. The number of nitrogens with zero attached hydrogens (tertiary/aromatic N) is 6. The lowest BCUT2D eigenvalue weighted by Crippen LogP contribution is -2.64. The maximum atomic E-state index is 14.9. The van der Waals surface area contributed by atoms with Crippen LogP contribution in [0.25, 0.3) is 0 Å². The van der Waals surface area contributed by atoms with Crippen LogP contribution in [-0.4, -0.2) is 61.7 Å². The minimum Gasteiger partial charge on any atom is -0.305 e. The minimum absolute atomic E-state index is 0.0179. The summed E-state index contributed by atoms with van der Waals surface area (Å²) < 4.78 is 71.4. The van der Waals surface area contributed by atoms with E-state index in [1.54, 1.807) is 6.92 Å². The maximum Gasteiger partial charge on any atom is 0.403 e. The van der Waals surface area contributed by atoms with E-state index in [1.807, 2.05) is 6.07 Å². The SMILES string of the molecule is CN=S1(=O)CC(C)(c2nc(NC(=O)c3ncc(C#N)cc3C)ccc2F)CN(N)N1CC(F)(F)F. The van der Waals surface area contributed by atoms with E-state index in [9.17, 15) is 26.6 Å². The molecule has 0 spiro atoms. The summed E-state index contributed by atoms with van der Waals surface area (Å²) >= 11 is 0. The number of alkyl halides is 3. The summed E-state index contributed by atoms with van der Waals surface area (Å²) in [5, 5.41) is 12.0. The van der Waals surface area contributed by atoms with Gasteiger partial charge in [-0.2, -0.15) is 23.6 Å². The topological polar surface area (TPSA) is 141 Å². The summed E-state index contributed by atoms with van der Waals surface area (Å²) in [4.78, 5) is 20.8. The number of anilines is 1. The maximum absolute atomic E-state index is 14.9. The Morgan fingerprint density at radius 1 is 1.43 bits per heavy atom. The van der Waals surface area contributed by atoms with Gasteiger partial charge in [-0.05, 0) is 30.7 Å². The summed E-state index contributed by atoms with van der Waals surface area (Å²) in [6.07, 6.45) is -3.48. The highest BCUT2D eigenvalue weighted by Gasteiger charge is 2.48. The number of halogens is 4. The molecule has 2 unspecified atom stereocenters. The molecular weight excluding hydrogens is 492 g/mol. The van der Waals surface area contributed by atoms with Gasteiger partial charge in [0.05, 0.1) is 17.0 Å². The molecule has 3 rings (SSSR count). The summed E-state index contributed by atoms with van der Waals surface area (Å²) in [6.45, 7) is 1.08. The molecule has 1 saturated heterocycles. The van der Waals surface area contributed by atoms with E-state index in [1.165, 1.54) is 25.3 Å². The molecule has 0 aromatic carbocycles. The van der Waals surface area contributed by atoms with Crippen molar-refractivity contribution in [2.45, 2.75) is 25.4 Å². The summed E-state index contributed by atoms with van der Waals surface area (Å²) in [7, 11) is -2.61. The normalized spacial score (nSPS) is 23.5. The van der Waals surface area contributed by atoms with Crippen molar-refractivity contribution in [1.82, 2.24) is 19.5 Å². The fourth-order valence-corrected chi connectivity index (χ4v) is 6.02. The third-order valence-corrected chi connectivity index (χ3v) is 7.90. The van der Waals surface area contributed by atoms with Gasteiger partial charge in [-0.3, -0.25) is 10.6 Å². The second-order valence-electron chi connectivity index (χ2n) is 8.20. The van der Waals surface area contributed by atoms with Gasteiger partial charge in [0.15, 0.2) is 0 Å². The van der Waals surface area contributed by atoms with Crippen LogP contribution >= 0.6 is 0 Å². The van der Waals surface area contributed by atoms with Crippen LogP contribution in [0.1, 0.15) is 34.2 Å². The first-order valence-corrected chi connectivity index (χ1v) is 11.7. The zero-order chi connectivity index (χ0) is 26.2. The van der Waals surface area contributed by atoms with Crippen molar-refractivity contribution < 1.29 is 26.6 Å². The summed E-state index contributed by atoms with van der Waals surface area (Å²) in [5.41, 5.74) is -0.957. The first-order chi connectivity index (χ1) is 16.2. The van der Waals surface area contributed by atoms with Crippen molar-refractivity contribution in [2.24, 2.45) is 10.2 Å². The van der Waals surface area contributed by atoms with E-state index in [0.717, 1.165) is 13.1 Å². The number of aryl methyl sites for hydroxylation is 1. The van der Waals surface area contributed by atoms with Crippen LogP contribution in [0.4, 0.5) is 23.4 Å². The summed E-state index contributed by atoms with van der Waals surface area (Å²) in [6, 6.07) is 5.60. The molecule has 1 fully saturated rings. The lowest BCUT2D eigenvalue weighted by atomic mass is 9.88. The van der Waals surface area contributed by atoms with Crippen LogP contribution in [0.3, 0.4) is 0 Å². The molecule has 0 bridgehead atoms. The Morgan fingerprint density at radius 2 is 2.11 bits per heavy atom. The lowest BCUT2D eigenvalue weighted by molar-refractivity contribution is -0.162. The first-order valence-electron chi connectivity index (χ1n) is 10.1. The van der Waals surface area contributed by atoms with Gasteiger partial charge in [0.25, 0.3) is 5.91 Å². The van der Waals surface area contributed by atoms with Gasteiger partial charge in [0.1, 0.15) is 39.9 Å². The molecule has 2 aromatic rings. The molecule has 1 aliphatic rings. The Balaban J connectivity index is 1.94. The average molecular weight is 515 g/mol. The number of carbonyl (C=O) groups is 1. The molecule has 15 heteroatoms. The second kappa shape index (κ2) is 9.46. The van der Waals surface area contributed by atoms with E-state index in [4.69, 9.17) is 11.1 Å². The van der Waals surface area contributed by atoms with Crippen LogP contribution in [0.15, 0.2) is 28.8 Å². The molecule has 188 valence electrons. The van der Waals surface area contributed by atoms with E-state index < -0.39 is 45.5 Å². The molecular formula is C20H22F4N8O2S. The van der Waals surface area contributed by atoms with Crippen molar-refractivity contribution in [3.63, 3.8) is 0 Å². The Bertz CT molecular complexity index is 1320. The highest BCUT2D eigenvalue weighted by molar-refractivity contribution is 7.91. The van der Waals surface area contributed by atoms with Crippen molar-refractivity contribution in [1.29, 1.82) is 5.26 Å². The number of nitrogens with one attached hydrogen (secondary N) is 1. The number of nitrogens with two attached hydrogens (primary N) is 1. The van der Waals surface area contributed by atoms with E-state index in [2.05, 4.69) is 19.6 Å². The van der Waals surface area contributed by atoms with E-state index in [-0.39, 0.29) is 29.3 Å². The number of carbonyl (C=O) groups excluding carboxylic acids is 1. The molecule has 1 aliphatic heterocycles. The molecule has 2 atom stereocenters. The molecule has 0 aliphatic carbocycles. The van der Waals surface area contributed by atoms with Crippen LogP contribution in [0.5, 0.6) is 0 Å². The Labute approximate surface area is 199 Å². The van der Waals surface area contributed by atoms with Crippen LogP contribution in [0, 0.1) is 24.1 Å². The van der Waals surface area contributed by atoms with Gasteiger partial charge in [0, 0.05) is 25.2 Å². The highest BCUT2D eigenvalue weighted by atomic mass is 32.2. The average Bonchev–Trinajstić information content (AvgIpc) is 2.76. The van der Waals surface area contributed by atoms with Crippen LogP contribution in [0.2, 0.25) is 0 Å². The second-order valence-corrected chi connectivity index (χ2v) is 10.5. The number of amides is 1. The van der Waals surface area contributed by atoms with Gasteiger partial charge < -0.3 is 5.32 Å². The van der Waals surface area contributed by atoms with Crippen molar-refractivity contribution in [3.05, 3.63) is 52.7 Å². The van der Waals surface area contributed by atoms with E-state index in [0.29, 0.717) is 15.1 Å². The van der Waals surface area contributed by atoms with Gasteiger partial charge in [-0.25, -0.2) is 22.9 Å². The molecule has 35 heavy (non-hydrogen) atoms. The monoisotopic (exact) mass is 514 g/mol. The van der Waals surface area contributed by atoms with Crippen molar-refractivity contribution in [3.8, 4) is 6.07 Å². The first kappa shape index (κ1) is 26.4. The van der Waals surface area contributed by atoms with Crippen molar-refractivity contribution >= 4 is 21.6 Å². The smallest absolute Gasteiger partial charge is 0.305 e. The van der Waals surface area contributed by atoms with Gasteiger partial charge in [-0.1, -0.05) is 6.92 Å². The third kappa shape index (κ3) is 5.56. The van der Waals surface area contributed by atoms with Gasteiger partial charge in [-0.15, -0.1) is 4.41 Å². The molecule has 10 nitrogen and oxygen atoms in total. The fraction of sp³-hybridized carbons (Fsp3) is 0.400. The summed E-state index contributed by atoms with van der Waals surface area (Å²) in [5.74, 6) is 3.75. The number of nitriles is 1. The number of rotatable bonds is 4. The number of hydrogen-bond donors (Lipinski definition) is 2. The molecule has 2 aromatic heterocycles. The lowest BCUT2D eigenvalue weighted by Gasteiger charge is -2.45. The van der Waals surface area contributed by atoms with Crippen LogP contribution in [-0.2, 0) is 15.3 Å². The zero-order valence-electron chi connectivity index (χ0n) is 18.9. The molecule has 0 saturated carbocycles. The molecule has 1 amide bonds. The van der Waals surface area contributed by atoms with Gasteiger partial charge >= 0.3 is 6.18 Å². The number of pyridine rings is 2. The minimum atomic E-state index is -4.70. The number of hydrazine groups is 2. The predicted molar refractivity (Wildman–Crippen MR) is 118 cm³/mol. The van der Waals surface area contributed by atoms with Crippen LogP contribution < -0.4 is 11.2 Å². The van der Waals surface area contributed by atoms with Crippen molar-refractivity contribution in [2.75, 3.05) is 31.2 Å². The molecule has 3 N–H and O–H groups in total. The quantitative estimate of drug-likeness (QED) is 0.471. The highest BCUT2D eigenvalue weighted by Crippen LogP contribution is 2.35. The zero-order valence-corrected chi connectivity index (χ0v) is 19.7. The number of aromatic nitrogens is 2. The molecule has 0 radical (unpaired) electrons. The molecule has 3 heterocycles. The Kier molecular flexibility index (Phi) is 7.14. The third-order valence-electron chi connectivity index (χ3n) is 5.31. The standard InChI is InChI=1S/C20H22F4N8O2S/c1-12-6-13(7-25)8-28-16(12)18(33)30-15-5-4-14(21)17(29-15)19(2)9-31(26)32(10-20(22,23)24)35(34,11-19)27-3/h4-6,8H,9-11,26H2,1-3H3,(H,29,30,33). The largest absolute Gasteiger partial charge is 0.403 e. The Morgan fingerprint density at radius 3 is 2.69 bits per heavy atom. The van der Waals surface area contributed by atoms with E-state index >= 15 is 0 Å². The Hall–Kier alpha value is -3.19. The fourth-order valence-electron chi connectivity index (χ4n) is 3.77. The van der Waals surface area contributed by atoms with Gasteiger partial charge in [0.2, 0.25) is 0 Å².